The predicted molar refractivity (Wildman–Crippen MR) is 88.8 cm³/mol. The zero-order valence-electron chi connectivity index (χ0n) is 13.1. The largest absolute Gasteiger partial charge is 0.332 e. The van der Waals surface area contributed by atoms with E-state index in [1.54, 1.807) is 31.3 Å². The van der Waals surface area contributed by atoms with Gasteiger partial charge in [-0.25, -0.2) is 4.98 Å². The fraction of sp³-hybridized carbons (Fsp3) is 0.125. The van der Waals surface area contributed by atoms with Crippen molar-refractivity contribution in [2.24, 2.45) is 0 Å². The van der Waals surface area contributed by atoms with Crippen molar-refractivity contribution in [1.29, 1.82) is 0 Å². The van der Waals surface area contributed by atoms with Crippen molar-refractivity contribution in [2.75, 3.05) is 0 Å². The first kappa shape index (κ1) is 14.9. The van der Waals surface area contributed by atoms with Gasteiger partial charge >= 0.3 is 11.1 Å². The topological polar surface area (TPSA) is 120 Å². The average Bonchev–Trinajstić information content (AvgIpc) is 3.13. The molecule has 0 atom stereocenters. The standard InChI is InChI=1S/C16H12N6O3/c1-2-22-12-4-3-9(7-10(12)19-14(23)16(22)24)13-20-15(25-21-13)11-8-17-5-6-18-11/h3-8H,2H2,1H3,(H,19,23). The quantitative estimate of drug-likeness (QED) is 0.558. The molecular formula is C16H12N6O3. The van der Waals surface area contributed by atoms with E-state index >= 15 is 0 Å². The Kier molecular flexibility index (Phi) is 3.46. The third kappa shape index (κ3) is 2.51. The molecule has 0 bridgehead atoms. The highest BCUT2D eigenvalue weighted by Crippen LogP contribution is 2.22. The molecule has 124 valence electrons. The van der Waals surface area contributed by atoms with Crippen molar-refractivity contribution >= 4 is 11.0 Å². The predicted octanol–water partition coefficient (Wildman–Crippen LogP) is 1.22. The van der Waals surface area contributed by atoms with Gasteiger partial charge in [0.15, 0.2) is 0 Å². The van der Waals surface area contributed by atoms with Crippen molar-refractivity contribution in [3.63, 3.8) is 0 Å². The van der Waals surface area contributed by atoms with E-state index in [1.165, 1.54) is 17.0 Å². The molecule has 0 aliphatic carbocycles. The fourth-order valence-corrected chi connectivity index (χ4v) is 2.59. The van der Waals surface area contributed by atoms with Gasteiger partial charge in [0.05, 0.1) is 17.2 Å². The summed E-state index contributed by atoms with van der Waals surface area (Å²) in [5.41, 5.74) is 1.02. The first-order chi connectivity index (χ1) is 12.2. The zero-order chi connectivity index (χ0) is 17.4. The normalized spacial score (nSPS) is 11.1. The second-order valence-electron chi connectivity index (χ2n) is 5.25. The van der Waals surface area contributed by atoms with Gasteiger partial charge in [0.1, 0.15) is 5.69 Å². The molecule has 0 aliphatic rings. The van der Waals surface area contributed by atoms with Gasteiger partial charge in [-0.2, -0.15) is 4.98 Å². The van der Waals surface area contributed by atoms with Crippen molar-refractivity contribution < 1.29 is 4.52 Å². The Morgan fingerprint density at radius 2 is 2.12 bits per heavy atom. The monoisotopic (exact) mass is 336 g/mol. The van der Waals surface area contributed by atoms with Crippen molar-refractivity contribution in [3.05, 3.63) is 57.5 Å². The zero-order valence-corrected chi connectivity index (χ0v) is 13.1. The molecular weight excluding hydrogens is 324 g/mol. The van der Waals surface area contributed by atoms with Gasteiger partial charge in [-0.15, -0.1) is 0 Å². The van der Waals surface area contributed by atoms with Gasteiger partial charge in [0.25, 0.3) is 5.89 Å². The molecule has 3 aromatic heterocycles. The third-order valence-electron chi connectivity index (χ3n) is 3.76. The van der Waals surface area contributed by atoms with Gasteiger partial charge in [0, 0.05) is 24.5 Å². The summed E-state index contributed by atoms with van der Waals surface area (Å²) in [4.78, 5) is 38.6. The lowest BCUT2D eigenvalue weighted by Gasteiger charge is -2.07. The van der Waals surface area contributed by atoms with Crippen LogP contribution in [-0.4, -0.2) is 29.7 Å². The minimum atomic E-state index is -0.667. The van der Waals surface area contributed by atoms with Crippen LogP contribution in [0.4, 0.5) is 0 Å². The molecule has 4 aromatic rings. The van der Waals surface area contributed by atoms with Gasteiger partial charge in [0.2, 0.25) is 5.82 Å². The van der Waals surface area contributed by atoms with E-state index in [1.807, 2.05) is 0 Å². The Bertz CT molecular complexity index is 1180. The Labute approximate surface area is 140 Å². The number of hydrogen-bond donors (Lipinski definition) is 1. The summed E-state index contributed by atoms with van der Waals surface area (Å²) in [5, 5.41) is 3.94. The third-order valence-corrected chi connectivity index (χ3v) is 3.76. The van der Waals surface area contributed by atoms with Gasteiger partial charge in [-0.05, 0) is 25.1 Å². The number of aromatic nitrogens is 6. The van der Waals surface area contributed by atoms with Gasteiger partial charge in [-0.3, -0.25) is 14.6 Å². The average molecular weight is 336 g/mol. The Morgan fingerprint density at radius 3 is 2.88 bits per heavy atom. The highest BCUT2D eigenvalue weighted by atomic mass is 16.5. The van der Waals surface area contributed by atoms with Crippen LogP contribution in [0.2, 0.25) is 0 Å². The van der Waals surface area contributed by atoms with Crippen LogP contribution in [0.25, 0.3) is 34.0 Å². The summed E-state index contributed by atoms with van der Waals surface area (Å²) in [6, 6.07) is 5.20. The summed E-state index contributed by atoms with van der Waals surface area (Å²) >= 11 is 0. The molecule has 9 nitrogen and oxygen atoms in total. The molecule has 0 saturated carbocycles. The Balaban J connectivity index is 1.83. The number of nitrogens with one attached hydrogen (secondary N) is 1. The highest BCUT2D eigenvalue weighted by molar-refractivity contribution is 5.80. The molecule has 0 saturated heterocycles. The number of rotatable bonds is 3. The lowest BCUT2D eigenvalue weighted by molar-refractivity contribution is 0.431. The van der Waals surface area contributed by atoms with Crippen LogP contribution >= 0.6 is 0 Å². The Hall–Kier alpha value is -3.62. The molecule has 4 rings (SSSR count). The van der Waals surface area contributed by atoms with Crippen molar-refractivity contribution in [1.82, 2.24) is 29.7 Å². The highest BCUT2D eigenvalue weighted by Gasteiger charge is 2.13. The molecule has 1 N–H and O–H groups in total. The summed E-state index contributed by atoms with van der Waals surface area (Å²) < 4.78 is 6.63. The van der Waals surface area contributed by atoms with E-state index in [-0.39, 0.29) is 5.89 Å². The number of aryl methyl sites for hydroxylation is 1. The van der Waals surface area contributed by atoms with E-state index in [4.69, 9.17) is 4.52 Å². The second-order valence-corrected chi connectivity index (χ2v) is 5.25. The number of hydrogen-bond acceptors (Lipinski definition) is 7. The maximum atomic E-state index is 11.9. The summed E-state index contributed by atoms with van der Waals surface area (Å²) in [6.45, 7) is 2.21. The van der Waals surface area contributed by atoms with E-state index in [0.29, 0.717) is 34.7 Å². The smallest absolute Gasteiger partial charge is 0.316 e. The maximum absolute atomic E-state index is 11.9. The molecule has 25 heavy (non-hydrogen) atoms. The van der Waals surface area contributed by atoms with Crippen LogP contribution in [0.5, 0.6) is 0 Å². The number of nitrogens with zero attached hydrogens (tertiary/aromatic N) is 5. The number of benzene rings is 1. The van der Waals surface area contributed by atoms with E-state index in [0.717, 1.165) is 0 Å². The lowest BCUT2D eigenvalue weighted by Crippen LogP contribution is -2.35. The first-order valence-electron chi connectivity index (χ1n) is 7.54. The van der Waals surface area contributed by atoms with Crippen molar-refractivity contribution in [3.8, 4) is 23.0 Å². The van der Waals surface area contributed by atoms with Gasteiger partial charge in [-0.1, -0.05) is 5.16 Å². The molecule has 0 amide bonds. The molecule has 1 aromatic carbocycles. The van der Waals surface area contributed by atoms with E-state index < -0.39 is 11.1 Å². The minimum absolute atomic E-state index is 0.246. The molecule has 0 aliphatic heterocycles. The van der Waals surface area contributed by atoms with Gasteiger partial charge < -0.3 is 14.1 Å². The molecule has 3 heterocycles. The van der Waals surface area contributed by atoms with Crippen LogP contribution in [0.3, 0.4) is 0 Å². The number of H-pyrrole nitrogens is 1. The molecule has 0 unspecified atom stereocenters. The number of aromatic amines is 1. The molecule has 9 heteroatoms. The first-order valence-corrected chi connectivity index (χ1v) is 7.54. The SMILES string of the molecule is CCn1c(=O)c(=O)[nH]c2cc(-c3noc(-c4cnccn4)n3)ccc21. The molecule has 0 radical (unpaired) electrons. The minimum Gasteiger partial charge on any atom is -0.332 e. The van der Waals surface area contributed by atoms with E-state index in [2.05, 4.69) is 25.1 Å². The second kappa shape index (κ2) is 5.78. The van der Waals surface area contributed by atoms with Crippen LogP contribution in [0, 0.1) is 0 Å². The fourth-order valence-electron chi connectivity index (χ4n) is 2.59. The number of fused-ring (bicyclic) bond motifs is 1. The van der Waals surface area contributed by atoms with Crippen LogP contribution in [-0.2, 0) is 6.54 Å². The summed E-state index contributed by atoms with van der Waals surface area (Å²) in [6.07, 6.45) is 4.60. The van der Waals surface area contributed by atoms with E-state index in [9.17, 15) is 9.59 Å². The molecule has 0 fully saturated rings. The van der Waals surface area contributed by atoms with Crippen LogP contribution in [0.15, 0.2) is 50.9 Å². The van der Waals surface area contributed by atoms with Crippen LogP contribution in [0.1, 0.15) is 6.92 Å². The summed E-state index contributed by atoms with van der Waals surface area (Å²) in [7, 11) is 0. The lowest BCUT2D eigenvalue weighted by atomic mass is 10.2. The van der Waals surface area contributed by atoms with Crippen molar-refractivity contribution in [2.45, 2.75) is 13.5 Å². The Morgan fingerprint density at radius 1 is 1.24 bits per heavy atom. The molecule has 0 spiro atoms. The maximum Gasteiger partial charge on any atom is 0.316 e. The van der Waals surface area contributed by atoms with Crippen LogP contribution < -0.4 is 11.1 Å². The summed E-state index contributed by atoms with van der Waals surface area (Å²) in [5.74, 6) is 0.591.